The van der Waals surface area contributed by atoms with Crippen molar-refractivity contribution in [1.29, 1.82) is 0 Å². The van der Waals surface area contributed by atoms with Crippen LogP contribution in [0.25, 0.3) is 11.2 Å². The smallest absolute Gasteiger partial charge is 0.165 e. The molecule has 3 aromatic heterocycles. The lowest BCUT2D eigenvalue weighted by molar-refractivity contribution is 0.402. The first kappa shape index (κ1) is 22.2. The highest BCUT2D eigenvalue weighted by Gasteiger charge is 2.24. The molecule has 2 aliphatic heterocycles. The Balaban J connectivity index is 1.08. The first-order chi connectivity index (χ1) is 18.3. The Morgan fingerprint density at radius 2 is 1.76 bits per heavy atom. The Hall–Kier alpha value is -3.98. The van der Waals surface area contributed by atoms with Gasteiger partial charge in [0, 0.05) is 30.4 Å². The molecule has 0 amide bonds. The van der Waals surface area contributed by atoms with E-state index in [0.717, 1.165) is 70.8 Å². The summed E-state index contributed by atoms with van der Waals surface area (Å²) in [7, 11) is 0. The zero-order chi connectivity index (χ0) is 24.6. The van der Waals surface area contributed by atoms with Crippen LogP contribution in [0.1, 0.15) is 24.0 Å². The van der Waals surface area contributed by atoms with E-state index in [1.807, 2.05) is 6.33 Å². The first-order valence-corrected chi connectivity index (χ1v) is 13.5. The van der Waals surface area contributed by atoms with Crippen LogP contribution in [-0.4, -0.2) is 42.6 Å². The van der Waals surface area contributed by atoms with Crippen LogP contribution in [0.2, 0.25) is 0 Å². The van der Waals surface area contributed by atoms with Crippen LogP contribution >= 0.6 is 11.8 Å². The number of fused-ring (bicyclic) bond motifs is 3. The number of benzene rings is 2. The maximum atomic E-state index is 4.75. The molecule has 37 heavy (non-hydrogen) atoms. The van der Waals surface area contributed by atoms with E-state index in [4.69, 9.17) is 4.98 Å². The fourth-order valence-corrected chi connectivity index (χ4v) is 6.17. The standard InChI is InChI=1S/C28H26N8S/c1-2-4-19(5-3-1)14-20-8-12-35(13-9-20)26-24-27(32-17-31-26)36(18-33-24)16-21-6-7-23-22(15-21)34-25-28(37-23)30-11-10-29-25/h1-7,10-11,15,17-18,20H,8-9,12-14,16H2,(H,29,34). The molecule has 5 heterocycles. The van der Waals surface area contributed by atoms with Gasteiger partial charge in [0.2, 0.25) is 0 Å². The lowest BCUT2D eigenvalue weighted by Gasteiger charge is -2.32. The average Bonchev–Trinajstić information content (AvgIpc) is 3.36. The van der Waals surface area contributed by atoms with E-state index in [1.54, 1.807) is 30.5 Å². The van der Waals surface area contributed by atoms with Crippen molar-refractivity contribution in [3.63, 3.8) is 0 Å². The largest absolute Gasteiger partial charge is 0.355 e. The molecule has 184 valence electrons. The van der Waals surface area contributed by atoms with Gasteiger partial charge >= 0.3 is 0 Å². The van der Waals surface area contributed by atoms with Gasteiger partial charge in [-0.1, -0.05) is 48.2 Å². The van der Waals surface area contributed by atoms with Crippen LogP contribution in [0, 0.1) is 5.92 Å². The SMILES string of the molecule is c1ccc(CC2CCN(c3ncnc4c3ncn4Cc3ccc4c(c3)Nc3nccnc3S4)CC2)cc1. The summed E-state index contributed by atoms with van der Waals surface area (Å²) in [5.41, 5.74) is 5.39. The highest BCUT2D eigenvalue weighted by molar-refractivity contribution is 7.99. The van der Waals surface area contributed by atoms with Gasteiger partial charge in [0.15, 0.2) is 22.8 Å². The molecule has 0 unspecified atom stereocenters. The van der Waals surface area contributed by atoms with Crippen LogP contribution in [0.5, 0.6) is 0 Å². The molecule has 0 saturated carbocycles. The molecule has 5 aromatic rings. The molecule has 0 radical (unpaired) electrons. The number of hydrogen-bond donors (Lipinski definition) is 1. The van der Waals surface area contributed by atoms with Crippen LogP contribution in [0.15, 0.2) is 83.5 Å². The van der Waals surface area contributed by atoms with Crippen molar-refractivity contribution in [3.05, 3.63) is 84.7 Å². The lowest BCUT2D eigenvalue weighted by atomic mass is 9.90. The molecule has 1 fully saturated rings. The summed E-state index contributed by atoms with van der Waals surface area (Å²) in [6.07, 6.45) is 10.5. The minimum atomic E-state index is 0.680. The molecular formula is C28H26N8S. The molecule has 7 rings (SSSR count). The summed E-state index contributed by atoms with van der Waals surface area (Å²) in [6.45, 7) is 2.67. The number of imidazole rings is 1. The van der Waals surface area contributed by atoms with E-state index >= 15 is 0 Å². The fraction of sp³-hybridized carbons (Fsp3) is 0.250. The predicted octanol–water partition coefficient (Wildman–Crippen LogP) is 5.33. The van der Waals surface area contributed by atoms with E-state index in [1.165, 1.54) is 11.1 Å². The second-order valence-corrected chi connectivity index (χ2v) is 10.7. The molecule has 2 aromatic carbocycles. The van der Waals surface area contributed by atoms with Crippen molar-refractivity contribution < 1.29 is 0 Å². The molecule has 1 N–H and O–H groups in total. The monoisotopic (exact) mass is 506 g/mol. The Morgan fingerprint density at radius 1 is 0.892 bits per heavy atom. The molecule has 0 atom stereocenters. The minimum absolute atomic E-state index is 0.680. The van der Waals surface area contributed by atoms with Crippen LogP contribution in [-0.2, 0) is 13.0 Å². The number of nitrogens with one attached hydrogen (secondary N) is 1. The molecule has 0 spiro atoms. The quantitative estimate of drug-likeness (QED) is 0.336. The van der Waals surface area contributed by atoms with Gasteiger partial charge in [-0.2, -0.15) is 0 Å². The van der Waals surface area contributed by atoms with Gasteiger partial charge in [0.25, 0.3) is 0 Å². The van der Waals surface area contributed by atoms with Gasteiger partial charge in [-0.05, 0) is 48.4 Å². The maximum Gasteiger partial charge on any atom is 0.165 e. The number of piperidine rings is 1. The zero-order valence-electron chi connectivity index (χ0n) is 20.3. The second kappa shape index (κ2) is 9.48. The number of rotatable bonds is 5. The Kier molecular flexibility index (Phi) is 5.70. The Morgan fingerprint density at radius 3 is 2.65 bits per heavy atom. The minimum Gasteiger partial charge on any atom is -0.355 e. The highest BCUT2D eigenvalue weighted by atomic mass is 32.2. The summed E-state index contributed by atoms with van der Waals surface area (Å²) < 4.78 is 2.11. The van der Waals surface area contributed by atoms with Crippen LogP contribution in [0.4, 0.5) is 17.3 Å². The average molecular weight is 507 g/mol. The van der Waals surface area contributed by atoms with E-state index in [-0.39, 0.29) is 0 Å². The van der Waals surface area contributed by atoms with Crippen LogP contribution in [0.3, 0.4) is 0 Å². The molecule has 0 bridgehead atoms. The van der Waals surface area contributed by atoms with Crippen molar-refractivity contribution in [3.8, 4) is 0 Å². The first-order valence-electron chi connectivity index (χ1n) is 12.6. The van der Waals surface area contributed by atoms with Gasteiger partial charge in [0.1, 0.15) is 11.4 Å². The summed E-state index contributed by atoms with van der Waals surface area (Å²) in [5, 5.41) is 4.32. The van der Waals surface area contributed by atoms with Gasteiger partial charge in [0.05, 0.1) is 18.6 Å². The molecular weight excluding hydrogens is 480 g/mol. The number of nitrogens with zero attached hydrogens (tertiary/aromatic N) is 7. The van der Waals surface area contributed by atoms with Crippen molar-refractivity contribution >= 4 is 40.2 Å². The molecule has 0 aliphatic carbocycles. The number of anilines is 3. The van der Waals surface area contributed by atoms with Crippen molar-refractivity contribution in [2.45, 2.75) is 35.7 Å². The van der Waals surface area contributed by atoms with E-state index in [0.29, 0.717) is 12.5 Å². The highest BCUT2D eigenvalue weighted by Crippen LogP contribution is 2.42. The zero-order valence-corrected chi connectivity index (χ0v) is 21.1. The predicted molar refractivity (Wildman–Crippen MR) is 145 cm³/mol. The third kappa shape index (κ3) is 4.40. The van der Waals surface area contributed by atoms with Crippen molar-refractivity contribution in [2.75, 3.05) is 23.3 Å². The van der Waals surface area contributed by atoms with Crippen molar-refractivity contribution in [2.24, 2.45) is 5.92 Å². The number of aromatic nitrogens is 6. The third-order valence-electron chi connectivity index (χ3n) is 7.18. The normalized spacial score (nSPS) is 15.3. The lowest BCUT2D eigenvalue weighted by Crippen LogP contribution is -2.35. The second-order valence-electron chi connectivity index (χ2n) is 9.63. The summed E-state index contributed by atoms with van der Waals surface area (Å²) in [5.74, 6) is 2.46. The fourth-order valence-electron chi connectivity index (χ4n) is 5.29. The topological polar surface area (TPSA) is 84.7 Å². The van der Waals surface area contributed by atoms with E-state index in [9.17, 15) is 0 Å². The molecule has 2 aliphatic rings. The summed E-state index contributed by atoms with van der Waals surface area (Å²) in [6, 6.07) is 17.3. The van der Waals surface area contributed by atoms with Gasteiger partial charge in [-0.25, -0.2) is 24.9 Å². The van der Waals surface area contributed by atoms with Gasteiger partial charge in [-0.15, -0.1) is 0 Å². The van der Waals surface area contributed by atoms with Crippen LogP contribution < -0.4 is 10.2 Å². The third-order valence-corrected chi connectivity index (χ3v) is 8.25. The Bertz CT molecular complexity index is 1560. The van der Waals surface area contributed by atoms with E-state index < -0.39 is 0 Å². The molecule has 8 nitrogen and oxygen atoms in total. The van der Waals surface area contributed by atoms with E-state index in [2.05, 4.69) is 83.3 Å². The maximum absolute atomic E-state index is 4.75. The number of hydrogen-bond acceptors (Lipinski definition) is 8. The molecule has 1 saturated heterocycles. The van der Waals surface area contributed by atoms with Crippen molar-refractivity contribution in [1.82, 2.24) is 29.5 Å². The van der Waals surface area contributed by atoms with Gasteiger partial charge in [-0.3, -0.25) is 0 Å². The summed E-state index contributed by atoms with van der Waals surface area (Å²) >= 11 is 1.64. The Labute approximate surface area is 219 Å². The summed E-state index contributed by atoms with van der Waals surface area (Å²) in [4.78, 5) is 26.4. The van der Waals surface area contributed by atoms with Gasteiger partial charge < -0.3 is 14.8 Å². The molecule has 9 heteroatoms.